The van der Waals surface area contributed by atoms with E-state index in [1.807, 2.05) is 68.4 Å². The molecule has 1 amide bonds. The Balaban J connectivity index is 1.43. The third-order valence-electron chi connectivity index (χ3n) is 4.56. The second-order valence-electron chi connectivity index (χ2n) is 6.76. The van der Waals surface area contributed by atoms with Crippen LogP contribution < -0.4 is 15.0 Å². The molecule has 0 saturated carbocycles. The highest BCUT2D eigenvalue weighted by molar-refractivity contribution is 5.88. The zero-order valence-corrected chi connectivity index (χ0v) is 16.1. The van der Waals surface area contributed by atoms with Crippen molar-refractivity contribution in [3.8, 4) is 11.5 Å². The SMILES string of the molecule is CC1COC(=O)N1c1ncnc(N[C@H](C)c2ccc(Oc3ccccc3)cc2)n1. The quantitative estimate of drug-likeness (QED) is 0.674. The fourth-order valence-corrected chi connectivity index (χ4v) is 2.99. The zero-order valence-electron chi connectivity index (χ0n) is 16.1. The molecule has 8 nitrogen and oxygen atoms in total. The largest absolute Gasteiger partial charge is 0.457 e. The molecule has 1 fully saturated rings. The van der Waals surface area contributed by atoms with E-state index in [9.17, 15) is 4.79 Å². The van der Waals surface area contributed by atoms with Crippen LogP contribution in [0.4, 0.5) is 16.7 Å². The third kappa shape index (κ3) is 4.26. The molecule has 8 heteroatoms. The molecule has 1 aromatic heterocycles. The molecule has 0 bridgehead atoms. The zero-order chi connectivity index (χ0) is 20.2. The number of amides is 1. The smallest absolute Gasteiger partial charge is 0.417 e. The van der Waals surface area contributed by atoms with Gasteiger partial charge in [0.05, 0.1) is 12.1 Å². The van der Waals surface area contributed by atoms with Gasteiger partial charge in [-0.3, -0.25) is 0 Å². The number of anilines is 2. The highest BCUT2D eigenvalue weighted by atomic mass is 16.6. The maximum atomic E-state index is 11.9. The van der Waals surface area contributed by atoms with Crippen LogP contribution in [0, 0.1) is 0 Å². The molecule has 3 aromatic rings. The first-order valence-electron chi connectivity index (χ1n) is 9.34. The van der Waals surface area contributed by atoms with Crippen LogP contribution in [0.1, 0.15) is 25.5 Å². The van der Waals surface area contributed by atoms with Crippen molar-refractivity contribution in [2.75, 3.05) is 16.8 Å². The molecule has 1 N–H and O–H groups in total. The number of carbonyl (C=O) groups is 1. The predicted octanol–water partition coefficient (Wildman–Crippen LogP) is 4.18. The molecule has 29 heavy (non-hydrogen) atoms. The number of cyclic esters (lactones) is 1. The normalized spacial score (nSPS) is 17.0. The van der Waals surface area contributed by atoms with E-state index in [2.05, 4.69) is 20.3 Å². The summed E-state index contributed by atoms with van der Waals surface area (Å²) < 4.78 is 10.9. The van der Waals surface area contributed by atoms with Gasteiger partial charge in [-0.15, -0.1) is 0 Å². The molecule has 2 aromatic carbocycles. The van der Waals surface area contributed by atoms with Crippen LogP contribution in [-0.4, -0.2) is 33.7 Å². The van der Waals surface area contributed by atoms with Gasteiger partial charge in [-0.25, -0.2) is 19.7 Å². The van der Waals surface area contributed by atoms with Gasteiger partial charge in [0, 0.05) is 0 Å². The van der Waals surface area contributed by atoms with Gasteiger partial charge in [0.1, 0.15) is 24.4 Å². The first-order chi connectivity index (χ1) is 14.1. The van der Waals surface area contributed by atoms with E-state index in [1.165, 1.54) is 11.2 Å². The monoisotopic (exact) mass is 391 g/mol. The van der Waals surface area contributed by atoms with Crippen molar-refractivity contribution in [2.45, 2.75) is 25.9 Å². The van der Waals surface area contributed by atoms with E-state index in [-0.39, 0.29) is 18.0 Å². The van der Waals surface area contributed by atoms with E-state index >= 15 is 0 Å². The van der Waals surface area contributed by atoms with Gasteiger partial charge >= 0.3 is 6.09 Å². The Hall–Kier alpha value is -3.68. The number of hydrogen-bond donors (Lipinski definition) is 1. The van der Waals surface area contributed by atoms with Crippen LogP contribution in [0.25, 0.3) is 0 Å². The molecule has 1 unspecified atom stereocenters. The van der Waals surface area contributed by atoms with Gasteiger partial charge in [0.25, 0.3) is 0 Å². The summed E-state index contributed by atoms with van der Waals surface area (Å²) in [6, 6.07) is 17.3. The fraction of sp³-hybridized carbons (Fsp3) is 0.238. The summed E-state index contributed by atoms with van der Waals surface area (Å²) in [5.41, 5.74) is 1.04. The second-order valence-corrected chi connectivity index (χ2v) is 6.76. The van der Waals surface area contributed by atoms with Crippen LogP contribution in [0.5, 0.6) is 11.5 Å². The molecule has 1 aliphatic rings. The van der Waals surface area contributed by atoms with Crippen LogP contribution in [-0.2, 0) is 4.74 Å². The third-order valence-corrected chi connectivity index (χ3v) is 4.56. The molecule has 0 radical (unpaired) electrons. The summed E-state index contributed by atoms with van der Waals surface area (Å²) in [4.78, 5) is 25.9. The number of carbonyl (C=O) groups excluding carboxylic acids is 1. The van der Waals surface area contributed by atoms with Crippen LogP contribution in [0.2, 0.25) is 0 Å². The lowest BCUT2D eigenvalue weighted by molar-refractivity contribution is 0.179. The number of hydrogen-bond acceptors (Lipinski definition) is 7. The van der Waals surface area contributed by atoms with Crippen molar-refractivity contribution in [2.24, 2.45) is 0 Å². The summed E-state index contributed by atoms with van der Waals surface area (Å²) in [5.74, 6) is 2.21. The first kappa shape index (κ1) is 18.7. The Labute approximate surface area is 168 Å². The van der Waals surface area contributed by atoms with Crippen molar-refractivity contribution in [1.29, 1.82) is 0 Å². The van der Waals surface area contributed by atoms with Crippen molar-refractivity contribution in [1.82, 2.24) is 15.0 Å². The standard InChI is InChI=1S/C21H21N5O3/c1-14-12-28-21(27)26(14)20-23-13-22-19(25-20)24-15(2)16-8-10-18(11-9-16)29-17-6-4-3-5-7-17/h3-11,13-15H,12H2,1-2H3,(H,22,23,24,25)/t14?,15-/m1/s1. The summed E-state index contributed by atoms with van der Waals surface area (Å²) >= 11 is 0. The number of benzene rings is 2. The number of ether oxygens (including phenoxy) is 2. The van der Waals surface area contributed by atoms with Crippen LogP contribution >= 0.6 is 0 Å². The number of rotatable bonds is 6. The lowest BCUT2D eigenvalue weighted by atomic mass is 10.1. The molecule has 148 valence electrons. The number of nitrogens with one attached hydrogen (secondary N) is 1. The Bertz CT molecular complexity index is 981. The van der Waals surface area contributed by atoms with Gasteiger partial charge in [0.15, 0.2) is 0 Å². The minimum atomic E-state index is -0.447. The number of aromatic nitrogens is 3. The molecule has 1 aliphatic heterocycles. The van der Waals surface area contributed by atoms with E-state index in [1.54, 1.807) is 0 Å². The van der Waals surface area contributed by atoms with Crippen LogP contribution in [0.3, 0.4) is 0 Å². The van der Waals surface area contributed by atoms with Crippen LogP contribution in [0.15, 0.2) is 60.9 Å². The van der Waals surface area contributed by atoms with E-state index in [0.29, 0.717) is 12.6 Å². The Morgan fingerprint density at radius 3 is 2.52 bits per heavy atom. The molecule has 0 spiro atoms. The maximum absolute atomic E-state index is 11.9. The summed E-state index contributed by atoms with van der Waals surface area (Å²) in [6.07, 6.45) is 0.934. The van der Waals surface area contributed by atoms with E-state index in [0.717, 1.165) is 17.1 Å². The van der Waals surface area contributed by atoms with E-state index < -0.39 is 6.09 Å². The molecular weight excluding hydrogens is 370 g/mol. The Kier molecular flexibility index (Phi) is 5.24. The average molecular weight is 391 g/mol. The van der Waals surface area contributed by atoms with Gasteiger partial charge in [-0.1, -0.05) is 30.3 Å². The van der Waals surface area contributed by atoms with Crippen molar-refractivity contribution in [3.63, 3.8) is 0 Å². The average Bonchev–Trinajstić information content (AvgIpc) is 3.07. The Morgan fingerprint density at radius 2 is 1.83 bits per heavy atom. The van der Waals surface area contributed by atoms with Crippen molar-refractivity contribution >= 4 is 18.0 Å². The molecule has 4 rings (SSSR count). The second kappa shape index (κ2) is 8.14. The van der Waals surface area contributed by atoms with Gasteiger partial charge in [0.2, 0.25) is 11.9 Å². The van der Waals surface area contributed by atoms with Gasteiger partial charge in [-0.2, -0.15) is 4.98 Å². The van der Waals surface area contributed by atoms with Crippen molar-refractivity contribution < 1.29 is 14.3 Å². The van der Waals surface area contributed by atoms with E-state index in [4.69, 9.17) is 9.47 Å². The fourth-order valence-electron chi connectivity index (χ4n) is 2.99. The first-order valence-corrected chi connectivity index (χ1v) is 9.34. The maximum Gasteiger partial charge on any atom is 0.417 e. The summed E-state index contributed by atoms with van der Waals surface area (Å²) in [7, 11) is 0. The lowest BCUT2D eigenvalue weighted by Gasteiger charge is -2.18. The predicted molar refractivity (Wildman–Crippen MR) is 108 cm³/mol. The minimum Gasteiger partial charge on any atom is -0.457 e. The van der Waals surface area contributed by atoms with Gasteiger partial charge < -0.3 is 14.8 Å². The summed E-state index contributed by atoms with van der Waals surface area (Å²) in [6.45, 7) is 4.20. The lowest BCUT2D eigenvalue weighted by Crippen LogP contribution is -2.32. The molecular formula is C21H21N5O3. The molecule has 2 atom stereocenters. The number of nitrogens with zero attached hydrogens (tertiary/aromatic N) is 4. The topological polar surface area (TPSA) is 89.5 Å². The summed E-state index contributed by atoms with van der Waals surface area (Å²) in [5, 5.41) is 3.24. The minimum absolute atomic E-state index is 0.0565. The molecule has 0 aliphatic carbocycles. The van der Waals surface area contributed by atoms with Crippen molar-refractivity contribution in [3.05, 3.63) is 66.5 Å². The van der Waals surface area contributed by atoms with Gasteiger partial charge in [-0.05, 0) is 43.7 Å². The molecule has 1 saturated heterocycles. The highest BCUT2D eigenvalue weighted by Gasteiger charge is 2.33. The Morgan fingerprint density at radius 1 is 1.10 bits per heavy atom. The highest BCUT2D eigenvalue weighted by Crippen LogP contribution is 2.25. The molecule has 2 heterocycles. The number of para-hydroxylation sites is 1.